The molecule has 0 saturated carbocycles. The molecule has 0 aromatic carbocycles. The van der Waals surface area contributed by atoms with Crippen LogP contribution in [0.25, 0.3) is 0 Å². The summed E-state index contributed by atoms with van der Waals surface area (Å²) in [6.45, 7) is 12.8. The zero-order valence-electron chi connectivity index (χ0n) is 13.5. The van der Waals surface area contributed by atoms with E-state index < -0.39 is 0 Å². The Bertz CT molecular complexity index is 385. The van der Waals surface area contributed by atoms with Crippen molar-refractivity contribution in [1.29, 1.82) is 0 Å². The van der Waals surface area contributed by atoms with Gasteiger partial charge in [-0.3, -0.25) is 0 Å². The van der Waals surface area contributed by atoms with Gasteiger partial charge in [0.1, 0.15) is 0 Å². The highest BCUT2D eigenvalue weighted by Crippen LogP contribution is 2.17. The fourth-order valence-electron chi connectivity index (χ4n) is 2.35. The summed E-state index contributed by atoms with van der Waals surface area (Å²) in [5.74, 6) is 0.688. The minimum Gasteiger partial charge on any atom is -0.313 e. The molecule has 1 aliphatic carbocycles. The van der Waals surface area contributed by atoms with E-state index in [1.165, 1.54) is 42.4 Å². The van der Waals surface area contributed by atoms with Crippen molar-refractivity contribution in [1.82, 2.24) is 5.32 Å². The van der Waals surface area contributed by atoms with Gasteiger partial charge < -0.3 is 5.32 Å². The third-order valence-electron chi connectivity index (χ3n) is 3.99. The standard InChI is InChI=1S/C19H31N/c1-16(2)12-13-18(4)17(3)9-8-14-20-15-19-10-6-5-7-11-19/h5-6,10,13,17,20H,1,7-9,11-12,14-15H2,2-4H3/b18-13+/t17-/m1/s1. The van der Waals surface area contributed by atoms with E-state index in [1.807, 2.05) is 0 Å². The van der Waals surface area contributed by atoms with Gasteiger partial charge in [-0.2, -0.15) is 0 Å². The summed E-state index contributed by atoms with van der Waals surface area (Å²) in [4.78, 5) is 0. The predicted molar refractivity (Wildman–Crippen MR) is 90.9 cm³/mol. The molecule has 1 aliphatic rings. The lowest BCUT2D eigenvalue weighted by Gasteiger charge is -2.14. The molecular formula is C19H31N. The molecule has 0 bridgehead atoms. The molecule has 0 radical (unpaired) electrons. The van der Waals surface area contributed by atoms with E-state index >= 15 is 0 Å². The number of hydrogen-bond donors (Lipinski definition) is 1. The van der Waals surface area contributed by atoms with Crippen molar-refractivity contribution in [2.45, 2.75) is 52.9 Å². The second kappa shape index (κ2) is 9.77. The number of allylic oxidation sites excluding steroid dienone is 6. The molecule has 1 nitrogen and oxygen atoms in total. The van der Waals surface area contributed by atoms with Crippen molar-refractivity contribution in [3.05, 3.63) is 47.6 Å². The zero-order valence-corrected chi connectivity index (χ0v) is 13.5. The Morgan fingerprint density at radius 1 is 1.45 bits per heavy atom. The van der Waals surface area contributed by atoms with E-state index in [2.05, 4.69) is 57.0 Å². The van der Waals surface area contributed by atoms with Crippen LogP contribution in [0.2, 0.25) is 0 Å². The molecule has 0 aromatic rings. The topological polar surface area (TPSA) is 12.0 Å². The van der Waals surface area contributed by atoms with Crippen molar-refractivity contribution >= 4 is 0 Å². The molecule has 112 valence electrons. The molecule has 0 amide bonds. The summed E-state index contributed by atoms with van der Waals surface area (Å²) in [7, 11) is 0. The smallest absolute Gasteiger partial charge is 0.0167 e. The molecule has 0 heterocycles. The molecule has 0 spiro atoms. The Hall–Kier alpha value is -1.08. The number of rotatable bonds is 9. The van der Waals surface area contributed by atoms with Gasteiger partial charge in [0.25, 0.3) is 0 Å². The zero-order chi connectivity index (χ0) is 14.8. The predicted octanol–water partition coefficient (Wildman–Crippen LogP) is 5.18. The Morgan fingerprint density at radius 3 is 2.90 bits per heavy atom. The Balaban J connectivity index is 2.11. The molecule has 1 rings (SSSR count). The van der Waals surface area contributed by atoms with Crippen molar-refractivity contribution < 1.29 is 0 Å². The molecule has 1 atom stereocenters. The Labute approximate surface area is 125 Å². The summed E-state index contributed by atoms with van der Waals surface area (Å²) < 4.78 is 0. The van der Waals surface area contributed by atoms with Crippen LogP contribution in [-0.2, 0) is 0 Å². The second-order valence-electron chi connectivity index (χ2n) is 6.12. The van der Waals surface area contributed by atoms with E-state index in [9.17, 15) is 0 Å². The van der Waals surface area contributed by atoms with Crippen LogP contribution >= 0.6 is 0 Å². The lowest BCUT2D eigenvalue weighted by atomic mass is 9.96. The summed E-state index contributed by atoms with van der Waals surface area (Å²) in [6.07, 6.45) is 15.0. The van der Waals surface area contributed by atoms with Crippen LogP contribution in [-0.4, -0.2) is 13.1 Å². The first-order valence-corrected chi connectivity index (χ1v) is 7.96. The minimum absolute atomic E-state index is 0.688. The molecule has 0 aliphatic heterocycles. The van der Waals surface area contributed by atoms with E-state index in [-0.39, 0.29) is 0 Å². The third-order valence-corrected chi connectivity index (χ3v) is 3.99. The third kappa shape index (κ3) is 7.49. The molecule has 0 unspecified atom stereocenters. The van der Waals surface area contributed by atoms with Crippen LogP contribution in [0.15, 0.2) is 47.6 Å². The summed E-state index contributed by atoms with van der Waals surface area (Å²) >= 11 is 0. The maximum Gasteiger partial charge on any atom is 0.0167 e. The maximum absolute atomic E-state index is 3.95. The van der Waals surface area contributed by atoms with Gasteiger partial charge in [-0.15, -0.1) is 0 Å². The first kappa shape index (κ1) is 17.0. The molecule has 20 heavy (non-hydrogen) atoms. The first-order valence-electron chi connectivity index (χ1n) is 7.96. The fourth-order valence-corrected chi connectivity index (χ4v) is 2.35. The van der Waals surface area contributed by atoms with Crippen molar-refractivity contribution in [3.8, 4) is 0 Å². The van der Waals surface area contributed by atoms with Gasteiger partial charge in [-0.25, -0.2) is 0 Å². The van der Waals surface area contributed by atoms with Crippen LogP contribution < -0.4 is 5.32 Å². The van der Waals surface area contributed by atoms with Crippen LogP contribution in [0.5, 0.6) is 0 Å². The fraction of sp³-hybridized carbons (Fsp3) is 0.579. The minimum atomic E-state index is 0.688. The first-order chi connectivity index (χ1) is 9.59. The highest BCUT2D eigenvalue weighted by molar-refractivity contribution is 5.18. The SMILES string of the molecule is C=C(C)C/C=C(\C)[C@H](C)CCCNCC1=CC=CCC1. The summed E-state index contributed by atoms with van der Waals surface area (Å²) in [5, 5.41) is 3.56. The van der Waals surface area contributed by atoms with E-state index in [0.717, 1.165) is 19.5 Å². The highest BCUT2D eigenvalue weighted by Gasteiger charge is 2.04. The molecule has 1 N–H and O–H groups in total. The molecular weight excluding hydrogens is 242 g/mol. The normalized spacial score (nSPS) is 16.9. The van der Waals surface area contributed by atoms with Gasteiger partial charge in [-0.1, -0.05) is 54.5 Å². The van der Waals surface area contributed by atoms with Gasteiger partial charge in [0.15, 0.2) is 0 Å². The van der Waals surface area contributed by atoms with Crippen LogP contribution in [0, 0.1) is 5.92 Å². The van der Waals surface area contributed by atoms with E-state index in [1.54, 1.807) is 0 Å². The largest absolute Gasteiger partial charge is 0.313 e. The van der Waals surface area contributed by atoms with Gasteiger partial charge in [0.2, 0.25) is 0 Å². The van der Waals surface area contributed by atoms with Crippen molar-refractivity contribution in [3.63, 3.8) is 0 Å². The summed E-state index contributed by atoms with van der Waals surface area (Å²) in [5.41, 5.74) is 4.29. The van der Waals surface area contributed by atoms with Crippen molar-refractivity contribution in [2.75, 3.05) is 13.1 Å². The second-order valence-corrected chi connectivity index (χ2v) is 6.12. The molecule has 0 fully saturated rings. The van der Waals surface area contributed by atoms with Crippen LogP contribution in [0.3, 0.4) is 0 Å². The molecule has 0 aromatic heterocycles. The lowest BCUT2D eigenvalue weighted by Crippen LogP contribution is -2.19. The van der Waals surface area contributed by atoms with Gasteiger partial charge in [-0.05, 0) is 58.4 Å². The van der Waals surface area contributed by atoms with Crippen LogP contribution in [0.4, 0.5) is 0 Å². The molecule has 0 saturated heterocycles. The Kier molecular flexibility index (Phi) is 8.29. The number of hydrogen-bond acceptors (Lipinski definition) is 1. The van der Waals surface area contributed by atoms with Gasteiger partial charge >= 0.3 is 0 Å². The monoisotopic (exact) mass is 273 g/mol. The Morgan fingerprint density at radius 2 is 2.25 bits per heavy atom. The van der Waals surface area contributed by atoms with Crippen molar-refractivity contribution in [2.24, 2.45) is 5.92 Å². The summed E-state index contributed by atoms with van der Waals surface area (Å²) in [6, 6.07) is 0. The van der Waals surface area contributed by atoms with E-state index in [4.69, 9.17) is 0 Å². The average Bonchev–Trinajstić information content (AvgIpc) is 2.45. The average molecular weight is 273 g/mol. The number of nitrogens with one attached hydrogen (secondary N) is 1. The maximum atomic E-state index is 3.95. The van der Waals surface area contributed by atoms with Crippen LogP contribution in [0.1, 0.15) is 52.9 Å². The highest BCUT2D eigenvalue weighted by atomic mass is 14.8. The van der Waals surface area contributed by atoms with Gasteiger partial charge in [0, 0.05) is 6.54 Å². The van der Waals surface area contributed by atoms with E-state index in [0.29, 0.717) is 5.92 Å². The van der Waals surface area contributed by atoms with Gasteiger partial charge in [0.05, 0.1) is 0 Å². The molecule has 1 heteroatoms. The quantitative estimate of drug-likeness (QED) is 0.451. The lowest BCUT2D eigenvalue weighted by molar-refractivity contribution is 0.550.